The summed E-state index contributed by atoms with van der Waals surface area (Å²) in [6, 6.07) is 0. The fraction of sp³-hybridized carbons (Fsp3) is 0.684. The monoisotopic (exact) mass is 347 g/mol. The molecule has 0 aliphatic heterocycles. The molecule has 1 heterocycles. The van der Waals surface area contributed by atoms with Gasteiger partial charge in [0.15, 0.2) is 0 Å². The second-order valence-corrected chi connectivity index (χ2v) is 9.24. The second-order valence-electron chi connectivity index (χ2n) is 8.05. The highest BCUT2D eigenvalue weighted by molar-refractivity contribution is 7.12. The molecule has 1 amide bonds. The van der Waals surface area contributed by atoms with Gasteiger partial charge in [-0.15, -0.1) is 11.3 Å². The van der Waals surface area contributed by atoms with Crippen molar-refractivity contribution in [1.82, 2.24) is 5.32 Å². The number of amides is 1. The molecule has 3 aliphatic rings. The molecule has 130 valence electrons. The third-order valence-electron chi connectivity index (χ3n) is 5.45. The van der Waals surface area contributed by atoms with Crippen LogP contribution >= 0.6 is 11.3 Å². The van der Waals surface area contributed by atoms with Gasteiger partial charge in [-0.05, 0) is 56.9 Å². The van der Waals surface area contributed by atoms with Crippen LogP contribution in [-0.4, -0.2) is 28.9 Å². The Kier molecular flexibility index (Phi) is 4.04. The van der Waals surface area contributed by atoms with E-state index in [4.69, 9.17) is 0 Å². The lowest BCUT2D eigenvalue weighted by molar-refractivity contribution is -0.119. The van der Waals surface area contributed by atoms with Gasteiger partial charge in [-0.3, -0.25) is 9.59 Å². The second kappa shape index (κ2) is 5.95. The van der Waals surface area contributed by atoms with Crippen molar-refractivity contribution in [3.8, 4) is 0 Å². The number of carbonyl (C=O) groups is 2. The van der Waals surface area contributed by atoms with E-state index in [2.05, 4.69) is 5.32 Å². The lowest BCUT2D eigenvalue weighted by Gasteiger charge is -2.28. The highest BCUT2D eigenvalue weighted by Gasteiger charge is 2.36. The van der Waals surface area contributed by atoms with E-state index in [9.17, 15) is 14.7 Å². The Labute approximate surface area is 146 Å². The summed E-state index contributed by atoms with van der Waals surface area (Å²) in [7, 11) is 0. The van der Waals surface area contributed by atoms with E-state index in [1.807, 2.05) is 6.92 Å². The topological polar surface area (TPSA) is 66.4 Å². The molecule has 0 bridgehead atoms. The Morgan fingerprint density at radius 3 is 2.71 bits per heavy atom. The molecule has 4 rings (SSSR count). The van der Waals surface area contributed by atoms with E-state index < -0.39 is 5.60 Å². The van der Waals surface area contributed by atoms with Crippen molar-refractivity contribution >= 4 is 23.0 Å². The quantitative estimate of drug-likeness (QED) is 0.831. The predicted molar refractivity (Wildman–Crippen MR) is 93.5 cm³/mol. The average molecular weight is 347 g/mol. The number of thiophene rings is 1. The van der Waals surface area contributed by atoms with Crippen LogP contribution in [0.4, 0.5) is 0 Å². The zero-order valence-corrected chi connectivity index (χ0v) is 15.0. The minimum atomic E-state index is -0.753. The van der Waals surface area contributed by atoms with Gasteiger partial charge in [0.2, 0.25) is 0 Å². The van der Waals surface area contributed by atoms with Crippen molar-refractivity contribution < 1.29 is 14.7 Å². The summed E-state index contributed by atoms with van der Waals surface area (Å²) in [6.07, 6.45) is 6.82. The summed E-state index contributed by atoms with van der Waals surface area (Å²) in [6.45, 7) is 2.57. The lowest BCUT2D eigenvalue weighted by atomic mass is 9.83. The van der Waals surface area contributed by atoms with Crippen LogP contribution in [0.1, 0.15) is 64.7 Å². The van der Waals surface area contributed by atoms with E-state index in [-0.39, 0.29) is 17.6 Å². The van der Waals surface area contributed by atoms with Crippen molar-refractivity contribution in [2.45, 2.75) is 63.9 Å². The smallest absolute Gasteiger partial charge is 0.252 e. The van der Waals surface area contributed by atoms with E-state index in [0.717, 1.165) is 42.7 Å². The summed E-state index contributed by atoms with van der Waals surface area (Å²) in [5, 5.41) is 13.5. The molecule has 1 atom stereocenters. The summed E-state index contributed by atoms with van der Waals surface area (Å²) in [5.41, 5.74) is 0.935. The molecule has 1 unspecified atom stereocenters. The number of ketones is 1. The van der Waals surface area contributed by atoms with Crippen LogP contribution in [0.5, 0.6) is 0 Å². The Hall–Kier alpha value is -1.20. The van der Waals surface area contributed by atoms with Gasteiger partial charge in [0.25, 0.3) is 5.91 Å². The molecule has 0 aromatic carbocycles. The van der Waals surface area contributed by atoms with Crippen molar-refractivity contribution in [3.63, 3.8) is 0 Å². The minimum Gasteiger partial charge on any atom is -0.390 e. The number of Topliss-reactive ketones (excluding diaryl/α,β-unsaturated/α-hetero) is 1. The number of hydrogen-bond donors (Lipinski definition) is 2. The number of rotatable bonds is 6. The van der Waals surface area contributed by atoms with Crippen molar-refractivity contribution in [2.75, 3.05) is 6.54 Å². The third kappa shape index (κ3) is 3.42. The number of aliphatic hydroxyl groups is 1. The van der Waals surface area contributed by atoms with Crippen molar-refractivity contribution in [1.29, 1.82) is 0 Å². The maximum atomic E-state index is 12.8. The van der Waals surface area contributed by atoms with Crippen molar-refractivity contribution in [3.05, 3.63) is 20.9 Å². The minimum absolute atomic E-state index is 0.0457. The molecule has 24 heavy (non-hydrogen) atoms. The number of hydrogen-bond acceptors (Lipinski definition) is 4. The normalized spacial score (nSPS) is 26.1. The van der Waals surface area contributed by atoms with E-state index >= 15 is 0 Å². The molecule has 5 heteroatoms. The first-order valence-corrected chi connectivity index (χ1v) is 9.91. The highest BCUT2D eigenvalue weighted by Crippen LogP contribution is 2.40. The van der Waals surface area contributed by atoms with Gasteiger partial charge < -0.3 is 10.4 Å². The van der Waals surface area contributed by atoms with Gasteiger partial charge in [-0.25, -0.2) is 0 Å². The van der Waals surface area contributed by atoms with E-state index in [1.54, 1.807) is 11.3 Å². The molecule has 2 fully saturated rings. The fourth-order valence-corrected chi connectivity index (χ4v) is 4.88. The Morgan fingerprint density at radius 1 is 1.29 bits per heavy atom. The summed E-state index contributed by atoms with van der Waals surface area (Å²) >= 11 is 1.62. The zero-order valence-electron chi connectivity index (χ0n) is 14.2. The molecular weight excluding hydrogens is 322 g/mol. The fourth-order valence-electron chi connectivity index (χ4n) is 3.55. The summed E-state index contributed by atoms with van der Waals surface area (Å²) < 4.78 is 0. The first-order valence-electron chi connectivity index (χ1n) is 9.09. The van der Waals surface area contributed by atoms with Gasteiger partial charge in [0, 0.05) is 35.1 Å². The Balaban J connectivity index is 1.62. The van der Waals surface area contributed by atoms with Crippen LogP contribution < -0.4 is 5.32 Å². The van der Waals surface area contributed by atoms with Crippen LogP contribution in [0.15, 0.2) is 0 Å². The van der Waals surface area contributed by atoms with Crippen LogP contribution in [0.2, 0.25) is 0 Å². The molecule has 2 saturated carbocycles. The van der Waals surface area contributed by atoms with E-state index in [0.29, 0.717) is 24.3 Å². The van der Waals surface area contributed by atoms with Crippen LogP contribution in [0.3, 0.4) is 0 Å². The van der Waals surface area contributed by atoms with Crippen LogP contribution in [-0.2, 0) is 24.1 Å². The highest BCUT2D eigenvalue weighted by atomic mass is 32.1. The maximum Gasteiger partial charge on any atom is 0.252 e. The van der Waals surface area contributed by atoms with Crippen molar-refractivity contribution in [2.24, 2.45) is 11.8 Å². The maximum absolute atomic E-state index is 12.8. The van der Waals surface area contributed by atoms with Gasteiger partial charge in [-0.2, -0.15) is 0 Å². The number of carbonyl (C=O) groups excluding carboxylic acids is 2. The standard InChI is InChI=1S/C19H25NO3S/c1-19(23)7-6-15-13(9-19)17(18(22)20-10-11-2-3-11)16(24-15)8-14(21)12-4-5-12/h11-12,23H,2-10H2,1H3,(H,20,22). The third-order valence-corrected chi connectivity index (χ3v) is 6.75. The predicted octanol–water partition coefficient (Wildman–Crippen LogP) is 2.65. The first kappa shape index (κ1) is 16.3. The van der Waals surface area contributed by atoms with Gasteiger partial charge in [0.05, 0.1) is 11.2 Å². The van der Waals surface area contributed by atoms with Gasteiger partial charge >= 0.3 is 0 Å². The molecule has 2 N–H and O–H groups in total. The molecule has 0 spiro atoms. The zero-order chi connectivity index (χ0) is 16.9. The average Bonchev–Trinajstić information content (AvgIpc) is 3.41. The number of aryl methyl sites for hydroxylation is 1. The SMILES string of the molecule is CC1(O)CCc2sc(CC(=O)C3CC3)c(C(=O)NCC3CC3)c2C1. The largest absolute Gasteiger partial charge is 0.390 e. The number of nitrogens with one attached hydrogen (secondary N) is 1. The van der Waals surface area contributed by atoms with Gasteiger partial charge in [-0.1, -0.05) is 0 Å². The Morgan fingerprint density at radius 2 is 2.04 bits per heavy atom. The summed E-state index contributed by atoms with van der Waals surface area (Å²) in [5.74, 6) is 1.07. The van der Waals surface area contributed by atoms with Gasteiger partial charge in [0.1, 0.15) is 5.78 Å². The molecule has 4 nitrogen and oxygen atoms in total. The van der Waals surface area contributed by atoms with Crippen LogP contribution in [0.25, 0.3) is 0 Å². The molecule has 0 saturated heterocycles. The molecular formula is C19H25NO3S. The lowest BCUT2D eigenvalue weighted by Crippen LogP contribution is -2.34. The molecule has 3 aliphatic carbocycles. The molecule has 0 radical (unpaired) electrons. The molecule has 1 aromatic rings. The Bertz CT molecular complexity index is 683. The first-order chi connectivity index (χ1) is 11.4. The van der Waals surface area contributed by atoms with E-state index in [1.165, 1.54) is 17.7 Å². The molecule has 1 aromatic heterocycles. The summed E-state index contributed by atoms with van der Waals surface area (Å²) in [4.78, 5) is 27.2. The van der Waals surface area contributed by atoms with Crippen LogP contribution in [0, 0.1) is 11.8 Å². The number of fused-ring (bicyclic) bond motifs is 1.